The van der Waals surface area contributed by atoms with Crippen molar-refractivity contribution >= 4 is 0 Å². The van der Waals surface area contributed by atoms with Crippen molar-refractivity contribution in [1.82, 2.24) is 0 Å². The zero-order chi connectivity index (χ0) is 13.2. The van der Waals surface area contributed by atoms with Crippen molar-refractivity contribution in [3.63, 3.8) is 0 Å². The van der Waals surface area contributed by atoms with Gasteiger partial charge in [-0.3, -0.25) is 0 Å². The van der Waals surface area contributed by atoms with E-state index in [9.17, 15) is 0 Å². The van der Waals surface area contributed by atoms with Crippen LogP contribution in [-0.2, 0) is 0 Å². The molecule has 1 saturated carbocycles. The first-order valence-electron chi connectivity index (χ1n) is 7.08. The van der Waals surface area contributed by atoms with Crippen molar-refractivity contribution in [1.29, 1.82) is 0 Å². The first kappa shape index (κ1) is 12.6. The van der Waals surface area contributed by atoms with Crippen LogP contribution in [0.25, 0.3) is 0 Å². The lowest BCUT2D eigenvalue weighted by atomic mass is 9.83. The van der Waals surface area contributed by atoms with E-state index in [0.29, 0.717) is 6.79 Å². The molecule has 1 aromatic rings. The third-order valence-electron chi connectivity index (χ3n) is 4.16. The van der Waals surface area contributed by atoms with Gasteiger partial charge < -0.3 is 19.9 Å². The minimum atomic E-state index is 0.110. The van der Waals surface area contributed by atoms with E-state index in [1.165, 1.54) is 12.8 Å². The summed E-state index contributed by atoms with van der Waals surface area (Å²) in [5.74, 6) is 3.10. The van der Waals surface area contributed by atoms with E-state index in [1.807, 2.05) is 18.2 Å². The molecular weight excluding hydrogens is 242 g/mol. The molecule has 1 heterocycles. The molecule has 2 N–H and O–H groups in total. The molecular formula is C15H21NO3. The summed E-state index contributed by atoms with van der Waals surface area (Å²) in [5.41, 5.74) is 6.18. The SMILES string of the molecule is CCC1CCC(N)C(Oc2ccc3c(c2)OCO3)C1. The summed E-state index contributed by atoms with van der Waals surface area (Å²) in [6.45, 7) is 2.53. The van der Waals surface area contributed by atoms with E-state index in [-0.39, 0.29) is 12.1 Å². The predicted octanol–water partition coefficient (Wildman–Crippen LogP) is 2.70. The summed E-state index contributed by atoms with van der Waals surface area (Å²) in [4.78, 5) is 0. The number of rotatable bonds is 3. The van der Waals surface area contributed by atoms with E-state index in [0.717, 1.165) is 36.0 Å². The minimum absolute atomic E-state index is 0.110. The van der Waals surface area contributed by atoms with E-state index in [2.05, 4.69) is 6.92 Å². The van der Waals surface area contributed by atoms with E-state index >= 15 is 0 Å². The fraction of sp³-hybridized carbons (Fsp3) is 0.600. The Morgan fingerprint density at radius 3 is 2.95 bits per heavy atom. The monoisotopic (exact) mass is 263 g/mol. The van der Waals surface area contributed by atoms with Gasteiger partial charge in [0.05, 0.1) is 0 Å². The number of hydrogen-bond acceptors (Lipinski definition) is 4. The molecule has 0 bridgehead atoms. The molecule has 1 aliphatic carbocycles. The zero-order valence-corrected chi connectivity index (χ0v) is 11.3. The van der Waals surface area contributed by atoms with Gasteiger partial charge in [-0.1, -0.05) is 13.3 Å². The second-order valence-corrected chi connectivity index (χ2v) is 5.42. The quantitative estimate of drug-likeness (QED) is 0.911. The normalized spacial score (nSPS) is 29.3. The van der Waals surface area contributed by atoms with Crippen LogP contribution in [-0.4, -0.2) is 18.9 Å². The summed E-state index contributed by atoms with van der Waals surface area (Å²) < 4.78 is 16.7. The van der Waals surface area contributed by atoms with E-state index < -0.39 is 0 Å². The molecule has 0 saturated heterocycles. The lowest BCUT2D eigenvalue weighted by Crippen LogP contribution is -2.43. The zero-order valence-electron chi connectivity index (χ0n) is 11.3. The van der Waals surface area contributed by atoms with Crippen LogP contribution in [0, 0.1) is 5.92 Å². The van der Waals surface area contributed by atoms with Crippen molar-refractivity contribution < 1.29 is 14.2 Å². The molecule has 1 fully saturated rings. The maximum Gasteiger partial charge on any atom is 0.231 e. The van der Waals surface area contributed by atoms with Gasteiger partial charge in [0.15, 0.2) is 11.5 Å². The van der Waals surface area contributed by atoms with Crippen LogP contribution in [0.2, 0.25) is 0 Å². The Bertz CT molecular complexity index is 449. The first-order valence-corrected chi connectivity index (χ1v) is 7.08. The Balaban J connectivity index is 1.69. The molecule has 0 radical (unpaired) electrons. The summed E-state index contributed by atoms with van der Waals surface area (Å²) >= 11 is 0. The van der Waals surface area contributed by atoms with Crippen LogP contribution in [0.1, 0.15) is 32.6 Å². The largest absolute Gasteiger partial charge is 0.489 e. The highest BCUT2D eigenvalue weighted by atomic mass is 16.7. The number of fused-ring (bicyclic) bond motifs is 1. The highest BCUT2D eigenvalue weighted by Gasteiger charge is 2.29. The maximum absolute atomic E-state index is 6.18. The second kappa shape index (κ2) is 5.29. The molecule has 3 rings (SSSR count). The fourth-order valence-corrected chi connectivity index (χ4v) is 2.87. The van der Waals surface area contributed by atoms with Crippen molar-refractivity contribution in [2.24, 2.45) is 11.7 Å². The Labute approximate surface area is 113 Å². The van der Waals surface area contributed by atoms with Gasteiger partial charge >= 0.3 is 0 Å². The molecule has 104 valence electrons. The molecule has 4 heteroatoms. The number of hydrogen-bond donors (Lipinski definition) is 1. The van der Waals surface area contributed by atoms with Crippen LogP contribution in [0.3, 0.4) is 0 Å². The Morgan fingerprint density at radius 1 is 1.26 bits per heavy atom. The third-order valence-corrected chi connectivity index (χ3v) is 4.16. The van der Waals surface area contributed by atoms with Crippen LogP contribution in [0.15, 0.2) is 18.2 Å². The Kier molecular flexibility index (Phi) is 3.51. The van der Waals surface area contributed by atoms with Crippen LogP contribution < -0.4 is 19.9 Å². The van der Waals surface area contributed by atoms with Crippen molar-refractivity contribution in [2.75, 3.05) is 6.79 Å². The summed E-state index contributed by atoms with van der Waals surface area (Å²) in [6, 6.07) is 5.84. The molecule has 3 atom stereocenters. The Hall–Kier alpha value is -1.42. The highest BCUT2D eigenvalue weighted by molar-refractivity contribution is 5.46. The van der Waals surface area contributed by atoms with Gasteiger partial charge in [0, 0.05) is 12.1 Å². The van der Waals surface area contributed by atoms with E-state index in [1.54, 1.807) is 0 Å². The van der Waals surface area contributed by atoms with Gasteiger partial charge in [-0.15, -0.1) is 0 Å². The second-order valence-electron chi connectivity index (χ2n) is 5.42. The standard InChI is InChI=1S/C15H21NO3/c1-2-10-3-5-12(16)14(7-10)19-11-4-6-13-15(8-11)18-9-17-13/h4,6,8,10,12,14H,2-3,5,7,9,16H2,1H3. The average Bonchev–Trinajstić information content (AvgIpc) is 2.89. The topological polar surface area (TPSA) is 53.7 Å². The maximum atomic E-state index is 6.18. The molecule has 1 aliphatic heterocycles. The lowest BCUT2D eigenvalue weighted by Gasteiger charge is -2.33. The lowest BCUT2D eigenvalue weighted by molar-refractivity contribution is 0.101. The average molecular weight is 263 g/mol. The van der Waals surface area contributed by atoms with Gasteiger partial charge in [-0.05, 0) is 37.3 Å². The van der Waals surface area contributed by atoms with Crippen molar-refractivity contribution in [2.45, 2.75) is 44.8 Å². The van der Waals surface area contributed by atoms with Crippen LogP contribution in [0.5, 0.6) is 17.2 Å². The predicted molar refractivity (Wildman–Crippen MR) is 72.6 cm³/mol. The van der Waals surface area contributed by atoms with Gasteiger partial charge in [0.2, 0.25) is 6.79 Å². The molecule has 4 nitrogen and oxygen atoms in total. The number of ether oxygens (including phenoxy) is 3. The van der Waals surface area contributed by atoms with Gasteiger partial charge in [0.1, 0.15) is 11.9 Å². The van der Waals surface area contributed by atoms with E-state index in [4.69, 9.17) is 19.9 Å². The molecule has 2 aliphatic rings. The fourth-order valence-electron chi connectivity index (χ4n) is 2.87. The first-order chi connectivity index (χ1) is 9.26. The van der Waals surface area contributed by atoms with Crippen LogP contribution >= 0.6 is 0 Å². The van der Waals surface area contributed by atoms with Gasteiger partial charge in [0.25, 0.3) is 0 Å². The third kappa shape index (κ3) is 2.63. The smallest absolute Gasteiger partial charge is 0.231 e. The number of benzene rings is 1. The molecule has 0 amide bonds. The Morgan fingerprint density at radius 2 is 2.11 bits per heavy atom. The molecule has 19 heavy (non-hydrogen) atoms. The minimum Gasteiger partial charge on any atom is -0.489 e. The summed E-state index contributed by atoms with van der Waals surface area (Å²) in [5, 5.41) is 0. The van der Waals surface area contributed by atoms with Crippen molar-refractivity contribution in [3.8, 4) is 17.2 Å². The summed E-state index contributed by atoms with van der Waals surface area (Å²) in [6.07, 6.45) is 4.63. The number of nitrogens with two attached hydrogens (primary N) is 1. The highest BCUT2D eigenvalue weighted by Crippen LogP contribution is 2.36. The summed E-state index contributed by atoms with van der Waals surface area (Å²) in [7, 11) is 0. The van der Waals surface area contributed by atoms with Gasteiger partial charge in [-0.25, -0.2) is 0 Å². The van der Waals surface area contributed by atoms with Crippen LogP contribution in [0.4, 0.5) is 0 Å². The molecule has 0 aromatic heterocycles. The molecule has 1 aromatic carbocycles. The van der Waals surface area contributed by atoms with Crippen molar-refractivity contribution in [3.05, 3.63) is 18.2 Å². The molecule has 0 spiro atoms. The van der Waals surface area contributed by atoms with Gasteiger partial charge in [-0.2, -0.15) is 0 Å². The molecule has 3 unspecified atom stereocenters.